The maximum atomic E-state index is 12.3. The summed E-state index contributed by atoms with van der Waals surface area (Å²) in [5.74, 6) is 0.862. The van der Waals surface area contributed by atoms with Gasteiger partial charge in [0.25, 0.3) is 5.91 Å². The third-order valence-corrected chi connectivity index (χ3v) is 3.53. The van der Waals surface area contributed by atoms with Crippen LogP contribution in [0.1, 0.15) is 23.2 Å². The molecule has 3 rings (SSSR count). The van der Waals surface area contributed by atoms with Crippen molar-refractivity contribution >= 4 is 16.8 Å². The van der Waals surface area contributed by atoms with Gasteiger partial charge < -0.3 is 9.64 Å². The molecule has 0 N–H and O–H groups in total. The average Bonchev–Trinajstić information content (AvgIpc) is 2.99. The summed E-state index contributed by atoms with van der Waals surface area (Å²) in [4.78, 5) is 18.5. The summed E-state index contributed by atoms with van der Waals surface area (Å²) in [7, 11) is 1.63. The number of methoxy groups -OCH3 is 1. The lowest BCUT2D eigenvalue weighted by molar-refractivity contribution is 0.0792. The van der Waals surface area contributed by atoms with Crippen LogP contribution in [0.3, 0.4) is 0 Å². The Morgan fingerprint density at radius 2 is 2.05 bits per heavy atom. The van der Waals surface area contributed by atoms with E-state index >= 15 is 0 Å². The number of amides is 1. The van der Waals surface area contributed by atoms with Crippen LogP contribution in [-0.4, -0.2) is 36.0 Å². The number of aromatic nitrogens is 1. The number of nitrogens with zero attached hydrogens (tertiary/aromatic N) is 2. The van der Waals surface area contributed by atoms with Crippen molar-refractivity contribution in [1.82, 2.24) is 9.88 Å². The summed E-state index contributed by atoms with van der Waals surface area (Å²) in [5, 5.41) is 0.964. The van der Waals surface area contributed by atoms with Crippen molar-refractivity contribution in [2.24, 2.45) is 0 Å². The molecule has 1 aromatic heterocycles. The van der Waals surface area contributed by atoms with Gasteiger partial charge in [-0.15, -0.1) is 0 Å². The van der Waals surface area contributed by atoms with Gasteiger partial charge in [-0.2, -0.15) is 0 Å². The van der Waals surface area contributed by atoms with Crippen molar-refractivity contribution in [2.45, 2.75) is 12.8 Å². The van der Waals surface area contributed by atoms with E-state index in [2.05, 4.69) is 4.98 Å². The smallest absolute Gasteiger partial charge is 0.255 e. The molecule has 1 fully saturated rings. The van der Waals surface area contributed by atoms with Crippen LogP contribution in [0.2, 0.25) is 0 Å². The molecule has 0 saturated carbocycles. The molecule has 2 heterocycles. The molecule has 1 aliphatic heterocycles. The second kappa shape index (κ2) is 4.88. The Morgan fingerprint density at radius 1 is 1.26 bits per heavy atom. The van der Waals surface area contributed by atoms with E-state index in [1.165, 1.54) is 0 Å². The predicted molar refractivity (Wildman–Crippen MR) is 73.4 cm³/mol. The van der Waals surface area contributed by atoms with Gasteiger partial charge in [-0.05, 0) is 31.0 Å². The Labute approximate surface area is 112 Å². The Bertz CT molecular complexity index is 619. The number of ether oxygens (including phenoxy) is 1. The molecule has 19 heavy (non-hydrogen) atoms. The average molecular weight is 256 g/mol. The molecule has 0 spiro atoms. The number of likely N-dealkylation sites (tertiary alicyclic amines) is 1. The van der Waals surface area contributed by atoms with Gasteiger partial charge in [-0.25, -0.2) is 0 Å². The van der Waals surface area contributed by atoms with Gasteiger partial charge in [0.15, 0.2) is 0 Å². The van der Waals surface area contributed by atoms with Crippen LogP contribution >= 0.6 is 0 Å². The maximum absolute atomic E-state index is 12.3. The van der Waals surface area contributed by atoms with Crippen molar-refractivity contribution < 1.29 is 9.53 Å². The maximum Gasteiger partial charge on any atom is 0.255 e. The van der Waals surface area contributed by atoms with Crippen molar-refractivity contribution in [3.8, 4) is 5.75 Å². The molecule has 1 aromatic carbocycles. The second-order valence-electron chi connectivity index (χ2n) is 4.78. The fourth-order valence-electron chi connectivity index (χ4n) is 2.45. The predicted octanol–water partition coefficient (Wildman–Crippen LogP) is 2.48. The number of rotatable bonds is 2. The highest BCUT2D eigenvalue weighted by atomic mass is 16.5. The van der Waals surface area contributed by atoms with E-state index in [1.54, 1.807) is 13.3 Å². The standard InChI is InChI=1S/C15H16N2O2/c1-19-13-5-4-11-8-12(10-16-14(11)9-13)15(18)17-6-2-3-7-17/h4-5,8-10H,2-3,6-7H2,1H3. The van der Waals surface area contributed by atoms with E-state index in [9.17, 15) is 4.79 Å². The fourth-order valence-corrected chi connectivity index (χ4v) is 2.45. The zero-order valence-electron chi connectivity index (χ0n) is 10.9. The first-order chi connectivity index (χ1) is 9.28. The first-order valence-corrected chi connectivity index (χ1v) is 6.51. The summed E-state index contributed by atoms with van der Waals surface area (Å²) in [6.07, 6.45) is 3.86. The third-order valence-electron chi connectivity index (χ3n) is 3.53. The van der Waals surface area contributed by atoms with Gasteiger partial charge in [0.05, 0.1) is 18.2 Å². The van der Waals surface area contributed by atoms with Gasteiger partial charge >= 0.3 is 0 Å². The Kier molecular flexibility index (Phi) is 3.07. The van der Waals surface area contributed by atoms with Crippen LogP contribution < -0.4 is 4.74 Å². The van der Waals surface area contributed by atoms with E-state index < -0.39 is 0 Å². The molecule has 1 aliphatic rings. The lowest BCUT2D eigenvalue weighted by Gasteiger charge is -2.15. The van der Waals surface area contributed by atoms with Crippen molar-refractivity contribution in [1.29, 1.82) is 0 Å². The molecule has 0 bridgehead atoms. The zero-order chi connectivity index (χ0) is 13.2. The van der Waals surface area contributed by atoms with E-state index in [0.29, 0.717) is 5.56 Å². The molecule has 4 heteroatoms. The number of carbonyl (C=O) groups excluding carboxylic acids is 1. The molecule has 0 unspecified atom stereocenters. The van der Waals surface area contributed by atoms with Gasteiger partial charge in [-0.1, -0.05) is 0 Å². The quantitative estimate of drug-likeness (QED) is 0.829. The monoisotopic (exact) mass is 256 g/mol. The van der Waals surface area contributed by atoms with E-state index in [0.717, 1.165) is 42.6 Å². The molecule has 0 radical (unpaired) electrons. The highest BCUT2D eigenvalue weighted by molar-refractivity contribution is 5.97. The van der Waals surface area contributed by atoms with Crippen molar-refractivity contribution in [3.63, 3.8) is 0 Å². The fraction of sp³-hybridized carbons (Fsp3) is 0.333. The van der Waals surface area contributed by atoms with Crippen LogP contribution in [-0.2, 0) is 0 Å². The SMILES string of the molecule is COc1ccc2cc(C(=O)N3CCCC3)cnc2c1. The van der Waals surface area contributed by atoms with Crippen molar-refractivity contribution in [3.05, 3.63) is 36.0 Å². The number of carbonyl (C=O) groups is 1. The molecule has 1 amide bonds. The molecule has 0 aliphatic carbocycles. The summed E-state index contributed by atoms with van der Waals surface area (Å²) in [5.41, 5.74) is 1.51. The number of benzene rings is 1. The topological polar surface area (TPSA) is 42.4 Å². The van der Waals surface area contributed by atoms with Crippen LogP contribution in [0, 0.1) is 0 Å². The number of fused-ring (bicyclic) bond motifs is 1. The lowest BCUT2D eigenvalue weighted by Crippen LogP contribution is -2.27. The largest absolute Gasteiger partial charge is 0.497 e. The van der Waals surface area contributed by atoms with E-state index in [4.69, 9.17) is 4.74 Å². The van der Waals surface area contributed by atoms with Gasteiger partial charge in [-0.3, -0.25) is 9.78 Å². The molecule has 1 saturated heterocycles. The minimum atomic E-state index is 0.0859. The van der Waals surface area contributed by atoms with Crippen molar-refractivity contribution in [2.75, 3.05) is 20.2 Å². The Morgan fingerprint density at radius 3 is 2.79 bits per heavy atom. The molecular formula is C15H16N2O2. The van der Waals surface area contributed by atoms with Gasteiger partial charge in [0.1, 0.15) is 5.75 Å². The molecule has 4 nitrogen and oxygen atoms in total. The normalized spacial score (nSPS) is 14.9. The highest BCUT2D eigenvalue weighted by Gasteiger charge is 2.19. The number of pyridine rings is 1. The summed E-state index contributed by atoms with van der Waals surface area (Å²) in [6.45, 7) is 1.72. The third kappa shape index (κ3) is 2.26. The molecule has 98 valence electrons. The number of hydrogen-bond acceptors (Lipinski definition) is 3. The first kappa shape index (κ1) is 12.0. The molecule has 0 atom stereocenters. The highest BCUT2D eigenvalue weighted by Crippen LogP contribution is 2.21. The molecular weight excluding hydrogens is 240 g/mol. The van der Waals surface area contributed by atoms with E-state index in [1.807, 2.05) is 29.2 Å². The zero-order valence-corrected chi connectivity index (χ0v) is 10.9. The summed E-state index contributed by atoms with van der Waals surface area (Å²) >= 11 is 0. The van der Waals surface area contributed by atoms with Crippen LogP contribution in [0.5, 0.6) is 5.75 Å². The second-order valence-corrected chi connectivity index (χ2v) is 4.78. The van der Waals surface area contributed by atoms with E-state index in [-0.39, 0.29) is 5.91 Å². The Balaban J connectivity index is 1.95. The van der Waals surface area contributed by atoms with Crippen LogP contribution in [0.25, 0.3) is 10.9 Å². The van der Waals surface area contributed by atoms with Gasteiger partial charge in [0, 0.05) is 30.7 Å². The van der Waals surface area contributed by atoms with Crippen LogP contribution in [0.4, 0.5) is 0 Å². The van der Waals surface area contributed by atoms with Gasteiger partial charge in [0.2, 0.25) is 0 Å². The minimum Gasteiger partial charge on any atom is -0.497 e. The lowest BCUT2D eigenvalue weighted by atomic mass is 10.1. The first-order valence-electron chi connectivity index (χ1n) is 6.51. The van der Waals surface area contributed by atoms with Crippen LogP contribution in [0.15, 0.2) is 30.5 Å². The summed E-state index contributed by atoms with van der Waals surface area (Å²) < 4.78 is 5.17. The molecule has 2 aromatic rings. The number of hydrogen-bond donors (Lipinski definition) is 0. The Hall–Kier alpha value is -2.10. The summed E-state index contributed by atoms with van der Waals surface area (Å²) in [6, 6.07) is 7.60. The minimum absolute atomic E-state index is 0.0859.